The number of allylic oxidation sites excluding steroid dienone is 1. The lowest BCUT2D eigenvalue weighted by atomic mass is 10.1. The fourth-order valence-electron chi connectivity index (χ4n) is 0.365. The molecule has 0 spiro atoms. The Balaban J connectivity index is 4.02. The molecule has 9 heavy (non-hydrogen) atoms. The molecule has 0 N–H and O–H groups in total. The summed E-state index contributed by atoms with van der Waals surface area (Å²) in [6.45, 7) is 4.01. The highest BCUT2D eigenvalue weighted by Gasteiger charge is 2.06. The van der Waals surface area contributed by atoms with Crippen LogP contribution in [0.1, 0.15) is 20.3 Å². The van der Waals surface area contributed by atoms with Crippen molar-refractivity contribution in [3.05, 3.63) is 9.52 Å². The predicted octanol–water partition coefficient (Wildman–Crippen LogP) is 3.92. The fourth-order valence-corrected chi connectivity index (χ4v) is 0.892. The molecule has 0 aromatic rings. The van der Waals surface area contributed by atoms with Gasteiger partial charge in [0.25, 0.3) is 0 Å². The summed E-state index contributed by atoms with van der Waals surface area (Å²) in [6.07, 6.45) is 0.960. The van der Waals surface area contributed by atoms with Crippen molar-refractivity contribution < 1.29 is 0 Å². The number of rotatable bonds is 2. The van der Waals surface area contributed by atoms with Crippen LogP contribution in [0, 0.1) is 5.92 Å². The quantitative estimate of drug-likeness (QED) is 0.615. The van der Waals surface area contributed by atoms with Gasteiger partial charge in [0.2, 0.25) is 0 Å². The monoisotopic (exact) mass is 186 g/mol. The molecule has 0 aliphatic carbocycles. The van der Waals surface area contributed by atoms with Crippen LogP contribution < -0.4 is 0 Å². The highest BCUT2D eigenvalue weighted by molar-refractivity contribution is 6.59. The van der Waals surface area contributed by atoms with Crippen LogP contribution in [0.3, 0.4) is 0 Å². The van der Waals surface area contributed by atoms with E-state index in [0.717, 1.165) is 6.42 Å². The van der Waals surface area contributed by atoms with Crippen molar-refractivity contribution in [1.82, 2.24) is 0 Å². The first kappa shape index (κ1) is 9.61. The Bertz CT molecular complexity index is 113. The van der Waals surface area contributed by atoms with Crippen LogP contribution in [0.5, 0.6) is 0 Å². The van der Waals surface area contributed by atoms with Crippen LogP contribution in [0.2, 0.25) is 0 Å². The van der Waals surface area contributed by atoms with Gasteiger partial charge in [-0.2, -0.15) is 0 Å². The molecule has 0 aromatic carbocycles. The van der Waals surface area contributed by atoms with Crippen LogP contribution >= 0.6 is 34.8 Å². The van der Waals surface area contributed by atoms with E-state index < -0.39 is 0 Å². The maximum atomic E-state index is 5.68. The first-order valence-electron chi connectivity index (χ1n) is 2.80. The number of hydrogen-bond acceptors (Lipinski definition) is 0. The lowest BCUT2D eigenvalue weighted by molar-refractivity contribution is 0.685. The molecule has 54 valence electrons. The van der Waals surface area contributed by atoms with Crippen molar-refractivity contribution in [2.75, 3.05) is 0 Å². The highest BCUT2D eigenvalue weighted by Crippen LogP contribution is 2.26. The molecule has 0 aliphatic heterocycles. The summed E-state index contributed by atoms with van der Waals surface area (Å²) in [5.41, 5.74) is 0. The Morgan fingerprint density at radius 2 is 1.78 bits per heavy atom. The molecule has 0 aliphatic rings. The van der Waals surface area contributed by atoms with Gasteiger partial charge in [-0.05, 0) is 12.3 Å². The number of halogens is 3. The van der Waals surface area contributed by atoms with Gasteiger partial charge in [0.1, 0.15) is 4.49 Å². The molecular formula is C6H9Cl3. The second-order valence-corrected chi connectivity index (χ2v) is 3.27. The van der Waals surface area contributed by atoms with Crippen molar-refractivity contribution in [1.29, 1.82) is 0 Å². The van der Waals surface area contributed by atoms with E-state index in [1.165, 1.54) is 0 Å². The standard InChI is InChI=1S/C6H9Cl3/c1-3-4(2)5(7)6(8)9/h4H,3H2,1-2H3. The summed E-state index contributed by atoms with van der Waals surface area (Å²) in [7, 11) is 0. The van der Waals surface area contributed by atoms with Gasteiger partial charge in [-0.3, -0.25) is 0 Å². The SMILES string of the molecule is CCC(C)C(Cl)=C(Cl)Cl. The van der Waals surface area contributed by atoms with Gasteiger partial charge in [-0.25, -0.2) is 0 Å². The van der Waals surface area contributed by atoms with Crippen molar-refractivity contribution in [3.63, 3.8) is 0 Å². The lowest BCUT2D eigenvalue weighted by Gasteiger charge is -2.04. The topological polar surface area (TPSA) is 0 Å². The third-order valence-corrected chi connectivity index (χ3v) is 2.39. The van der Waals surface area contributed by atoms with Crippen LogP contribution in [0.25, 0.3) is 0 Å². The van der Waals surface area contributed by atoms with Crippen molar-refractivity contribution in [2.24, 2.45) is 5.92 Å². The Hall–Kier alpha value is 0.610. The zero-order valence-corrected chi connectivity index (χ0v) is 7.69. The summed E-state index contributed by atoms with van der Waals surface area (Å²) in [6, 6.07) is 0. The minimum Gasteiger partial charge on any atom is -0.0863 e. The van der Waals surface area contributed by atoms with Crippen LogP contribution in [0.15, 0.2) is 9.52 Å². The maximum Gasteiger partial charge on any atom is 0.121 e. The molecule has 0 bridgehead atoms. The van der Waals surface area contributed by atoms with Gasteiger partial charge < -0.3 is 0 Å². The van der Waals surface area contributed by atoms with Gasteiger partial charge in [0, 0.05) is 0 Å². The summed E-state index contributed by atoms with van der Waals surface area (Å²) in [5, 5.41) is 0.556. The minimum atomic E-state index is 0.186. The zero-order valence-electron chi connectivity index (χ0n) is 5.42. The van der Waals surface area contributed by atoms with Gasteiger partial charge in [-0.1, -0.05) is 48.7 Å². The molecule has 0 aromatic heterocycles. The van der Waals surface area contributed by atoms with E-state index in [0.29, 0.717) is 5.03 Å². The zero-order chi connectivity index (χ0) is 7.44. The van der Waals surface area contributed by atoms with E-state index in [2.05, 4.69) is 0 Å². The average Bonchev–Trinajstić information content (AvgIpc) is 1.84. The molecule has 0 saturated heterocycles. The van der Waals surface area contributed by atoms with Gasteiger partial charge in [0.15, 0.2) is 0 Å². The Morgan fingerprint density at radius 3 is 1.89 bits per heavy atom. The van der Waals surface area contributed by atoms with E-state index in [1.54, 1.807) is 0 Å². The second-order valence-electron chi connectivity index (χ2n) is 1.92. The van der Waals surface area contributed by atoms with Gasteiger partial charge in [-0.15, -0.1) is 0 Å². The lowest BCUT2D eigenvalue weighted by Crippen LogP contribution is -1.90. The smallest absolute Gasteiger partial charge is 0.0863 e. The molecular weight excluding hydrogens is 178 g/mol. The van der Waals surface area contributed by atoms with Crippen molar-refractivity contribution in [3.8, 4) is 0 Å². The molecule has 1 unspecified atom stereocenters. The molecule has 0 nitrogen and oxygen atoms in total. The summed E-state index contributed by atoms with van der Waals surface area (Å²) in [4.78, 5) is 0. The Morgan fingerprint density at radius 1 is 1.33 bits per heavy atom. The van der Waals surface area contributed by atoms with Crippen molar-refractivity contribution in [2.45, 2.75) is 20.3 Å². The third kappa shape index (κ3) is 3.34. The normalized spacial score (nSPS) is 13.0. The first-order valence-corrected chi connectivity index (χ1v) is 3.93. The van der Waals surface area contributed by atoms with Crippen LogP contribution in [0.4, 0.5) is 0 Å². The molecule has 0 saturated carbocycles. The molecule has 3 heteroatoms. The third-order valence-electron chi connectivity index (χ3n) is 1.23. The van der Waals surface area contributed by atoms with Gasteiger partial charge in [0.05, 0.1) is 5.03 Å². The Kier molecular flexibility index (Phi) is 4.73. The Labute approximate surface area is 70.8 Å². The first-order chi connectivity index (χ1) is 4.09. The largest absolute Gasteiger partial charge is 0.121 e. The fraction of sp³-hybridized carbons (Fsp3) is 0.667. The maximum absolute atomic E-state index is 5.68. The molecule has 0 heterocycles. The molecule has 0 rings (SSSR count). The van der Waals surface area contributed by atoms with E-state index in [4.69, 9.17) is 34.8 Å². The summed E-state index contributed by atoms with van der Waals surface area (Å²) >= 11 is 16.5. The molecule has 1 atom stereocenters. The van der Waals surface area contributed by atoms with E-state index in [-0.39, 0.29) is 10.4 Å². The highest BCUT2D eigenvalue weighted by atomic mass is 35.5. The van der Waals surface area contributed by atoms with Crippen LogP contribution in [-0.2, 0) is 0 Å². The average molecular weight is 187 g/mol. The van der Waals surface area contributed by atoms with Crippen molar-refractivity contribution >= 4 is 34.8 Å². The summed E-state index contributed by atoms with van der Waals surface area (Å²) < 4.78 is 0.186. The summed E-state index contributed by atoms with van der Waals surface area (Å²) in [5.74, 6) is 0.275. The predicted molar refractivity (Wildman–Crippen MR) is 44.0 cm³/mol. The van der Waals surface area contributed by atoms with E-state index in [1.807, 2.05) is 13.8 Å². The second kappa shape index (κ2) is 4.43. The molecule has 0 radical (unpaired) electrons. The van der Waals surface area contributed by atoms with E-state index >= 15 is 0 Å². The number of hydrogen-bond donors (Lipinski definition) is 0. The van der Waals surface area contributed by atoms with Gasteiger partial charge >= 0.3 is 0 Å². The molecule has 0 fully saturated rings. The minimum absolute atomic E-state index is 0.186. The molecule has 0 amide bonds. The van der Waals surface area contributed by atoms with E-state index in [9.17, 15) is 0 Å². The van der Waals surface area contributed by atoms with Crippen LogP contribution in [-0.4, -0.2) is 0 Å².